The van der Waals surface area contributed by atoms with Gasteiger partial charge in [-0.15, -0.1) is 0 Å². The van der Waals surface area contributed by atoms with Crippen LogP contribution in [0.25, 0.3) is 10.9 Å². The Morgan fingerprint density at radius 3 is 2.88 bits per heavy atom. The van der Waals surface area contributed by atoms with Gasteiger partial charge in [-0.25, -0.2) is 8.42 Å². The second-order valence-corrected chi connectivity index (χ2v) is 8.81. The average molecular weight is 363 g/mol. The van der Waals surface area contributed by atoms with Gasteiger partial charge in [0.05, 0.1) is 18.1 Å². The van der Waals surface area contributed by atoms with Crippen molar-refractivity contribution in [2.24, 2.45) is 0 Å². The molecule has 1 aliphatic heterocycles. The molecule has 3 rings (SSSR count). The summed E-state index contributed by atoms with van der Waals surface area (Å²) in [4.78, 5) is 17.4. The van der Waals surface area contributed by atoms with Crippen LogP contribution in [0.5, 0.6) is 0 Å². The van der Waals surface area contributed by atoms with E-state index in [0.29, 0.717) is 19.5 Å². The number of sulfone groups is 1. The van der Waals surface area contributed by atoms with E-state index in [4.69, 9.17) is 0 Å². The number of hydrogen-bond donors (Lipinski definition) is 2. The molecule has 25 heavy (non-hydrogen) atoms. The predicted molar refractivity (Wildman–Crippen MR) is 99.3 cm³/mol. The maximum atomic E-state index is 12.2. The highest BCUT2D eigenvalue weighted by molar-refractivity contribution is 7.91. The van der Waals surface area contributed by atoms with Crippen molar-refractivity contribution in [1.82, 2.24) is 15.2 Å². The molecule has 0 spiro atoms. The standard InChI is InChI=1S/C18H25N3O3S/c1-2-21(15-8-10-25(23,24)13-15)12-18(22)19-9-7-14-11-20-17-6-4-3-5-16(14)17/h3-6,11,15,20H,2,7-10,12-13H2,1H3,(H,19,22). The molecule has 1 aliphatic rings. The number of aromatic amines is 1. The second-order valence-electron chi connectivity index (χ2n) is 6.58. The summed E-state index contributed by atoms with van der Waals surface area (Å²) in [7, 11) is -2.93. The SMILES string of the molecule is CCN(CC(=O)NCCc1c[nH]c2ccccc12)C1CCS(=O)(=O)C1. The largest absolute Gasteiger partial charge is 0.361 e. The zero-order valence-corrected chi connectivity index (χ0v) is 15.3. The zero-order valence-electron chi connectivity index (χ0n) is 14.5. The van der Waals surface area contributed by atoms with Crippen LogP contribution in [0.15, 0.2) is 30.5 Å². The number of carbonyl (C=O) groups excluding carboxylic acids is 1. The number of carbonyl (C=O) groups is 1. The van der Waals surface area contributed by atoms with Gasteiger partial charge in [-0.05, 0) is 31.0 Å². The molecule has 0 saturated carbocycles. The molecule has 2 heterocycles. The third kappa shape index (κ3) is 4.41. The van der Waals surface area contributed by atoms with Gasteiger partial charge in [0.1, 0.15) is 0 Å². The molecule has 1 amide bonds. The van der Waals surface area contributed by atoms with Crippen LogP contribution < -0.4 is 5.32 Å². The molecule has 7 heteroatoms. The maximum Gasteiger partial charge on any atom is 0.234 e. The Kier molecular flexibility index (Phi) is 5.44. The van der Waals surface area contributed by atoms with E-state index in [1.54, 1.807) is 0 Å². The fourth-order valence-electron chi connectivity index (χ4n) is 3.48. The molecule has 6 nitrogen and oxygen atoms in total. The molecule has 136 valence electrons. The lowest BCUT2D eigenvalue weighted by Crippen LogP contribution is -2.43. The number of rotatable bonds is 7. The Labute approximate surface area is 148 Å². The Morgan fingerprint density at radius 1 is 1.36 bits per heavy atom. The van der Waals surface area contributed by atoms with Gasteiger partial charge in [0.2, 0.25) is 5.91 Å². The normalized spacial score (nSPS) is 19.5. The molecule has 2 N–H and O–H groups in total. The summed E-state index contributed by atoms with van der Waals surface area (Å²) in [6.45, 7) is 3.46. The summed E-state index contributed by atoms with van der Waals surface area (Å²) in [5.74, 6) is 0.353. The van der Waals surface area contributed by atoms with Gasteiger partial charge >= 0.3 is 0 Å². The van der Waals surface area contributed by atoms with Crippen LogP contribution in [0.4, 0.5) is 0 Å². The molecular weight excluding hydrogens is 338 g/mol. The van der Waals surface area contributed by atoms with E-state index in [9.17, 15) is 13.2 Å². The minimum absolute atomic E-state index is 0.0330. The number of H-pyrrole nitrogens is 1. The van der Waals surface area contributed by atoms with Gasteiger partial charge in [0, 0.05) is 29.7 Å². The molecule has 1 saturated heterocycles. The molecule has 1 fully saturated rings. The van der Waals surface area contributed by atoms with Crippen LogP contribution in [0, 0.1) is 0 Å². The molecule has 0 radical (unpaired) electrons. The number of para-hydroxylation sites is 1. The summed E-state index contributed by atoms with van der Waals surface area (Å²) in [5.41, 5.74) is 2.29. The third-order valence-corrected chi connectivity index (χ3v) is 6.62. The van der Waals surface area contributed by atoms with Crippen molar-refractivity contribution in [3.8, 4) is 0 Å². The monoisotopic (exact) mass is 363 g/mol. The highest BCUT2D eigenvalue weighted by Crippen LogP contribution is 2.18. The Hall–Kier alpha value is -1.86. The molecule has 1 unspecified atom stereocenters. The van der Waals surface area contributed by atoms with Crippen LogP contribution in [0.2, 0.25) is 0 Å². The first-order chi connectivity index (χ1) is 12.0. The molecule has 1 atom stereocenters. The first-order valence-corrected chi connectivity index (χ1v) is 10.6. The summed E-state index contributed by atoms with van der Waals surface area (Å²) in [6, 6.07) is 8.07. The van der Waals surface area contributed by atoms with Crippen molar-refractivity contribution < 1.29 is 13.2 Å². The van der Waals surface area contributed by atoms with Crippen molar-refractivity contribution in [3.05, 3.63) is 36.0 Å². The molecule has 2 aromatic rings. The number of benzene rings is 1. The van der Waals surface area contributed by atoms with Crippen molar-refractivity contribution in [1.29, 1.82) is 0 Å². The van der Waals surface area contributed by atoms with Crippen LogP contribution in [-0.2, 0) is 21.1 Å². The fraction of sp³-hybridized carbons (Fsp3) is 0.500. The topological polar surface area (TPSA) is 82.3 Å². The second kappa shape index (κ2) is 7.58. The van der Waals surface area contributed by atoms with Crippen molar-refractivity contribution in [2.45, 2.75) is 25.8 Å². The molecule has 1 aromatic carbocycles. The Balaban J connectivity index is 1.49. The lowest BCUT2D eigenvalue weighted by molar-refractivity contribution is -0.122. The van der Waals surface area contributed by atoms with E-state index in [-0.39, 0.29) is 30.0 Å². The summed E-state index contributed by atoms with van der Waals surface area (Å²) in [5, 5.41) is 4.13. The lowest BCUT2D eigenvalue weighted by atomic mass is 10.1. The van der Waals surface area contributed by atoms with Gasteiger partial charge in [-0.2, -0.15) is 0 Å². The van der Waals surface area contributed by atoms with E-state index >= 15 is 0 Å². The number of likely N-dealkylation sites (N-methyl/N-ethyl adjacent to an activating group) is 1. The van der Waals surface area contributed by atoms with Gasteiger partial charge in [0.25, 0.3) is 0 Å². The maximum absolute atomic E-state index is 12.2. The summed E-state index contributed by atoms with van der Waals surface area (Å²) >= 11 is 0. The van der Waals surface area contributed by atoms with E-state index in [1.165, 1.54) is 10.9 Å². The molecule has 0 bridgehead atoms. The third-order valence-electron chi connectivity index (χ3n) is 4.87. The van der Waals surface area contributed by atoms with Gasteiger partial charge in [-0.1, -0.05) is 25.1 Å². The number of fused-ring (bicyclic) bond motifs is 1. The van der Waals surface area contributed by atoms with E-state index in [2.05, 4.69) is 16.4 Å². The van der Waals surface area contributed by atoms with Crippen LogP contribution in [-0.4, -0.2) is 61.4 Å². The number of nitrogens with zero attached hydrogens (tertiary/aromatic N) is 1. The number of nitrogens with one attached hydrogen (secondary N) is 2. The smallest absolute Gasteiger partial charge is 0.234 e. The van der Waals surface area contributed by atoms with Crippen molar-refractivity contribution in [2.75, 3.05) is 31.1 Å². The quantitative estimate of drug-likeness (QED) is 0.778. The minimum atomic E-state index is -2.93. The highest BCUT2D eigenvalue weighted by atomic mass is 32.2. The van der Waals surface area contributed by atoms with Crippen molar-refractivity contribution >= 4 is 26.6 Å². The highest BCUT2D eigenvalue weighted by Gasteiger charge is 2.32. The van der Waals surface area contributed by atoms with Crippen LogP contribution in [0.1, 0.15) is 18.9 Å². The number of aromatic nitrogens is 1. The number of amides is 1. The minimum Gasteiger partial charge on any atom is -0.361 e. The Morgan fingerprint density at radius 2 is 2.16 bits per heavy atom. The number of hydrogen-bond acceptors (Lipinski definition) is 4. The van der Waals surface area contributed by atoms with E-state index in [0.717, 1.165) is 11.9 Å². The van der Waals surface area contributed by atoms with E-state index in [1.807, 2.05) is 36.2 Å². The average Bonchev–Trinajstić information content (AvgIpc) is 3.16. The predicted octanol–water partition coefficient (Wildman–Crippen LogP) is 1.34. The van der Waals surface area contributed by atoms with Gasteiger partial charge < -0.3 is 10.3 Å². The first kappa shape index (κ1) is 17.9. The van der Waals surface area contributed by atoms with Crippen LogP contribution in [0.3, 0.4) is 0 Å². The summed E-state index contributed by atoms with van der Waals surface area (Å²) in [6.07, 6.45) is 3.37. The molecule has 0 aliphatic carbocycles. The fourth-order valence-corrected chi connectivity index (χ4v) is 5.24. The molecule has 1 aromatic heterocycles. The van der Waals surface area contributed by atoms with Crippen LogP contribution >= 0.6 is 0 Å². The first-order valence-electron chi connectivity index (χ1n) is 8.74. The molecular formula is C18H25N3O3S. The summed E-state index contributed by atoms with van der Waals surface area (Å²) < 4.78 is 23.3. The zero-order chi connectivity index (χ0) is 17.9. The Bertz CT molecular complexity index is 844. The van der Waals surface area contributed by atoms with E-state index < -0.39 is 9.84 Å². The van der Waals surface area contributed by atoms with Gasteiger partial charge in [-0.3, -0.25) is 9.69 Å². The van der Waals surface area contributed by atoms with Crippen molar-refractivity contribution in [3.63, 3.8) is 0 Å². The van der Waals surface area contributed by atoms with Gasteiger partial charge in [0.15, 0.2) is 9.84 Å². The lowest BCUT2D eigenvalue weighted by Gasteiger charge is -2.25.